The molecule has 1 atom stereocenters. The Labute approximate surface area is 231 Å². The van der Waals surface area contributed by atoms with Gasteiger partial charge in [0.2, 0.25) is 0 Å². The minimum absolute atomic E-state index is 0.0733. The predicted molar refractivity (Wildman–Crippen MR) is 151 cm³/mol. The Bertz CT molecular complexity index is 1430. The number of rotatable bonds is 9. The van der Waals surface area contributed by atoms with Gasteiger partial charge in [-0.05, 0) is 50.1 Å². The third-order valence-electron chi connectivity index (χ3n) is 6.20. The van der Waals surface area contributed by atoms with Crippen LogP contribution in [0.25, 0.3) is 5.76 Å². The molecule has 1 amide bonds. The Kier molecular flexibility index (Phi) is 8.35. The maximum atomic E-state index is 13.5. The SMILES string of the molecule is CCCOc1cccc(C(O)=C2C(=O)C(=O)N(c3nc(C)c(C(=O)OCC)s3)C2c2ccc(N(C)C)cc2)c1. The number of amides is 1. The van der Waals surface area contributed by atoms with Gasteiger partial charge in [-0.25, -0.2) is 9.78 Å². The molecule has 1 aromatic heterocycles. The smallest absolute Gasteiger partial charge is 0.350 e. The molecule has 3 aromatic rings. The van der Waals surface area contributed by atoms with Gasteiger partial charge in [0, 0.05) is 25.3 Å². The van der Waals surface area contributed by atoms with Crippen LogP contribution < -0.4 is 14.5 Å². The molecule has 204 valence electrons. The highest BCUT2D eigenvalue weighted by molar-refractivity contribution is 7.17. The van der Waals surface area contributed by atoms with Crippen LogP contribution in [0.2, 0.25) is 0 Å². The summed E-state index contributed by atoms with van der Waals surface area (Å²) in [6, 6.07) is 13.1. The highest BCUT2D eigenvalue weighted by Gasteiger charge is 2.48. The second kappa shape index (κ2) is 11.7. The number of ether oxygens (including phenoxy) is 2. The molecule has 1 N–H and O–H groups in total. The largest absolute Gasteiger partial charge is 0.507 e. The van der Waals surface area contributed by atoms with Gasteiger partial charge in [-0.3, -0.25) is 14.5 Å². The van der Waals surface area contributed by atoms with Gasteiger partial charge >= 0.3 is 11.9 Å². The van der Waals surface area contributed by atoms with Gasteiger partial charge in [-0.1, -0.05) is 42.5 Å². The zero-order valence-corrected chi connectivity index (χ0v) is 23.4. The molecule has 10 heteroatoms. The Morgan fingerprint density at radius 2 is 1.85 bits per heavy atom. The summed E-state index contributed by atoms with van der Waals surface area (Å²) < 4.78 is 10.8. The number of nitrogens with zero attached hydrogens (tertiary/aromatic N) is 3. The number of aliphatic hydroxyl groups excluding tert-OH is 1. The number of benzene rings is 2. The van der Waals surface area contributed by atoms with Crippen molar-refractivity contribution < 1.29 is 29.0 Å². The molecule has 1 saturated heterocycles. The van der Waals surface area contributed by atoms with Crippen LogP contribution in [-0.4, -0.2) is 55.1 Å². The lowest BCUT2D eigenvalue weighted by Crippen LogP contribution is -2.29. The van der Waals surface area contributed by atoms with Gasteiger partial charge in [-0.15, -0.1) is 0 Å². The molecule has 2 aromatic carbocycles. The van der Waals surface area contributed by atoms with Crippen molar-refractivity contribution in [3.05, 3.63) is 75.8 Å². The van der Waals surface area contributed by atoms with Gasteiger partial charge in [0.25, 0.3) is 5.78 Å². The number of ketones is 1. The minimum atomic E-state index is -0.970. The number of carbonyl (C=O) groups excluding carboxylic acids is 3. The van der Waals surface area contributed by atoms with E-state index in [1.54, 1.807) is 50.2 Å². The number of hydrogen-bond acceptors (Lipinski definition) is 9. The Hall–Kier alpha value is -4.18. The lowest BCUT2D eigenvalue weighted by atomic mass is 9.95. The molecular formula is C29H31N3O6S. The Morgan fingerprint density at radius 3 is 2.49 bits per heavy atom. The van der Waals surface area contributed by atoms with Gasteiger partial charge in [0.1, 0.15) is 16.4 Å². The molecule has 0 saturated carbocycles. The summed E-state index contributed by atoms with van der Waals surface area (Å²) in [6.45, 7) is 6.02. The molecule has 1 aliphatic rings. The Balaban J connectivity index is 1.88. The molecule has 1 aliphatic heterocycles. The monoisotopic (exact) mass is 549 g/mol. The van der Waals surface area contributed by atoms with E-state index in [-0.39, 0.29) is 27.9 Å². The van der Waals surface area contributed by atoms with Crippen LogP contribution >= 0.6 is 11.3 Å². The molecule has 4 rings (SSSR count). The average molecular weight is 550 g/mol. The normalized spacial score (nSPS) is 16.4. The lowest BCUT2D eigenvalue weighted by molar-refractivity contribution is -0.132. The van der Waals surface area contributed by atoms with E-state index in [9.17, 15) is 19.5 Å². The minimum Gasteiger partial charge on any atom is -0.507 e. The van der Waals surface area contributed by atoms with E-state index in [4.69, 9.17) is 9.47 Å². The molecule has 0 bridgehead atoms. The van der Waals surface area contributed by atoms with E-state index in [1.165, 1.54) is 4.90 Å². The fourth-order valence-electron chi connectivity index (χ4n) is 4.28. The molecule has 9 nitrogen and oxygen atoms in total. The molecule has 0 aliphatic carbocycles. The topological polar surface area (TPSA) is 109 Å². The molecule has 2 heterocycles. The summed E-state index contributed by atoms with van der Waals surface area (Å²) in [5.41, 5.74) is 2.18. The molecule has 1 unspecified atom stereocenters. The summed E-state index contributed by atoms with van der Waals surface area (Å²) in [4.78, 5) is 47.3. The van der Waals surface area contributed by atoms with Crippen molar-refractivity contribution in [1.82, 2.24) is 4.98 Å². The highest BCUT2D eigenvalue weighted by atomic mass is 32.1. The number of anilines is 2. The first-order valence-electron chi connectivity index (χ1n) is 12.6. The molecular weight excluding hydrogens is 518 g/mol. The van der Waals surface area contributed by atoms with Crippen LogP contribution in [-0.2, 0) is 14.3 Å². The second-order valence-corrected chi connectivity index (χ2v) is 10.1. The molecule has 39 heavy (non-hydrogen) atoms. The lowest BCUT2D eigenvalue weighted by Gasteiger charge is -2.23. The predicted octanol–water partition coefficient (Wildman–Crippen LogP) is 5.11. The number of aliphatic hydroxyl groups is 1. The number of esters is 1. The van der Waals surface area contributed by atoms with E-state index >= 15 is 0 Å². The summed E-state index contributed by atoms with van der Waals surface area (Å²) in [5.74, 6) is -2.03. The van der Waals surface area contributed by atoms with Gasteiger partial charge in [-0.2, -0.15) is 0 Å². The third-order valence-corrected chi connectivity index (χ3v) is 7.34. The number of carbonyl (C=O) groups is 3. The second-order valence-electron chi connectivity index (χ2n) is 9.16. The van der Waals surface area contributed by atoms with Crippen molar-refractivity contribution in [2.24, 2.45) is 0 Å². The third kappa shape index (κ3) is 5.51. The molecule has 0 spiro atoms. The number of aromatic nitrogens is 1. The zero-order valence-electron chi connectivity index (χ0n) is 22.6. The van der Waals surface area contributed by atoms with Gasteiger partial charge in [0.15, 0.2) is 5.13 Å². The standard InChI is InChI=1S/C29H31N3O6S/c1-6-15-38-21-10-8-9-19(16-21)24(33)22-23(18-11-13-20(14-12-18)31(4)5)32(27(35)25(22)34)29-30-17(3)26(39-29)28(36)37-7-2/h8-14,16,23,33H,6-7,15H2,1-5H3. The first kappa shape index (κ1) is 27.8. The quantitative estimate of drug-likeness (QED) is 0.170. The van der Waals surface area contributed by atoms with Crippen molar-refractivity contribution in [2.75, 3.05) is 37.1 Å². The van der Waals surface area contributed by atoms with Crippen molar-refractivity contribution in [1.29, 1.82) is 0 Å². The summed E-state index contributed by atoms with van der Waals surface area (Å²) in [5, 5.41) is 11.6. The van der Waals surface area contributed by atoms with Crippen LogP contribution in [0.3, 0.4) is 0 Å². The number of hydrogen-bond donors (Lipinski definition) is 1. The van der Waals surface area contributed by atoms with Crippen LogP contribution in [0, 0.1) is 6.92 Å². The number of aryl methyl sites for hydroxylation is 1. The molecule has 1 fully saturated rings. The van der Waals surface area contributed by atoms with E-state index in [2.05, 4.69) is 4.98 Å². The summed E-state index contributed by atoms with van der Waals surface area (Å²) in [6.07, 6.45) is 0.811. The fraction of sp³-hybridized carbons (Fsp3) is 0.310. The Morgan fingerprint density at radius 1 is 1.13 bits per heavy atom. The fourth-order valence-corrected chi connectivity index (χ4v) is 5.27. The van der Waals surface area contributed by atoms with E-state index in [0.29, 0.717) is 29.2 Å². The average Bonchev–Trinajstić information content (AvgIpc) is 3.43. The van der Waals surface area contributed by atoms with Gasteiger partial charge in [0.05, 0.1) is 30.5 Å². The number of Topliss-reactive ketones (excluding diaryl/α,β-unsaturated/α-hetero) is 1. The summed E-state index contributed by atoms with van der Waals surface area (Å²) in [7, 11) is 3.81. The van der Waals surface area contributed by atoms with Crippen molar-refractivity contribution >= 4 is 45.6 Å². The molecule has 0 radical (unpaired) electrons. The maximum Gasteiger partial charge on any atom is 0.350 e. The van der Waals surface area contributed by atoms with Crippen LogP contribution in [0.1, 0.15) is 52.8 Å². The van der Waals surface area contributed by atoms with Crippen molar-refractivity contribution in [3.8, 4) is 5.75 Å². The first-order valence-corrected chi connectivity index (χ1v) is 13.5. The van der Waals surface area contributed by atoms with E-state index < -0.39 is 23.7 Å². The van der Waals surface area contributed by atoms with Crippen LogP contribution in [0.4, 0.5) is 10.8 Å². The van der Waals surface area contributed by atoms with Crippen molar-refractivity contribution in [2.45, 2.75) is 33.2 Å². The van der Waals surface area contributed by atoms with Crippen LogP contribution in [0.5, 0.6) is 5.75 Å². The van der Waals surface area contributed by atoms with E-state index in [0.717, 1.165) is 23.4 Å². The highest BCUT2D eigenvalue weighted by Crippen LogP contribution is 2.44. The van der Waals surface area contributed by atoms with Gasteiger partial charge < -0.3 is 19.5 Å². The first-order chi connectivity index (χ1) is 18.7. The van der Waals surface area contributed by atoms with Crippen LogP contribution in [0.15, 0.2) is 54.1 Å². The maximum absolute atomic E-state index is 13.5. The number of thiazole rings is 1. The summed E-state index contributed by atoms with van der Waals surface area (Å²) >= 11 is 0.973. The van der Waals surface area contributed by atoms with Crippen molar-refractivity contribution in [3.63, 3.8) is 0 Å². The van der Waals surface area contributed by atoms with E-state index in [1.807, 2.05) is 38.1 Å². The zero-order chi connectivity index (χ0) is 28.3.